The average molecular weight is 535 g/mol. The van der Waals surface area contributed by atoms with E-state index in [1.54, 1.807) is 0 Å². The maximum absolute atomic E-state index is 11.2. The Morgan fingerprint density at radius 1 is 0.875 bits per heavy atom. The summed E-state index contributed by atoms with van der Waals surface area (Å²) in [5, 5.41) is 12.3. The van der Waals surface area contributed by atoms with Gasteiger partial charge in [-0.2, -0.15) is 0 Å². The molecule has 186 valence electrons. The molecule has 0 heterocycles. The van der Waals surface area contributed by atoms with Crippen molar-refractivity contribution in [2.75, 3.05) is 0 Å². The zero-order chi connectivity index (χ0) is 25.5. The van der Waals surface area contributed by atoms with Crippen LogP contribution in [0.5, 0.6) is 5.75 Å². The summed E-state index contributed by atoms with van der Waals surface area (Å²) in [6, 6.07) is 4.24. The maximum atomic E-state index is 11.2. The summed E-state index contributed by atoms with van der Waals surface area (Å²) in [5.41, 5.74) is -0.978. The van der Waals surface area contributed by atoms with Crippen molar-refractivity contribution in [3.63, 3.8) is 0 Å². The average Bonchev–Trinajstić information content (AvgIpc) is 2.48. The smallest absolute Gasteiger partial charge is 0.184 e. The van der Waals surface area contributed by atoms with Gasteiger partial charge in [0.1, 0.15) is 18.4 Å². The third-order valence-corrected chi connectivity index (χ3v) is 21.5. The fourth-order valence-electron chi connectivity index (χ4n) is 3.37. The number of hydrogen-bond acceptors (Lipinski definition) is 5. The molecule has 0 aliphatic heterocycles. The van der Waals surface area contributed by atoms with Crippen LogP contribution in [-0.4, -0.2) is 32.9 Å². The van der Waals surface area contributed by atoms with E-state index in [1.807, 2.05) is 10.8 Å². The predicted octanol–water partition coefficient (Wildman–Crippen LogP) is 8.14. The molecule has 0 saturated carbocycles. The van der Waals surface area contributed by atoms with Gasteiger partial charge < -0.3 is 14.1 Å². The maximum Gasteiger partial charge on any atom is 0.184 e. The Labute approximate surface area is 209 Å². The van der Waals surface area contributed by atoms with Crippen LogP contribution < -0.4 is 5.30 Å². The van der Waals surface area contributed by atoms with Gasteiger partial charge in [0.2, 0.25) is 0 Å². The highest BCUT2D eigenvalue weighted by Gasteiger charge is 2.36. The zero-order valence-corrected chi connectivity index (χ0v) is 27.4. The minimum atomic E-state index is -2.45. The number of phenolic OH excluding ortho intramolecular Hbond substituents is 1. The quantitative estimate of drug-likeness (QED) is 0.269. The highest BCUT2D eigenvalue weighted by molar-refractivity contribution is 8.82. The Morgan fingerprint density at radius 3 is 1.59 bits per heavy atom. The molecule has 0 aromatic heterocycles. The van der Waals surface area contributed by atoms with E-state index in [0.717, 1.165) is 16.4 Å². The first-order chi connectivity index (χ1) is 14.0. The highest BCUT2D eigenvalue weighted by Crippen LogP contribution is 2.64. The molecular formula is C24H47O3PS2Si2. The Kier molecular flexibility index (Phi) is 9.65. The van der Waals surface area contributed by atoms with Gasteiger partial charge in [0, 0.05) is 16.4 Å². The summed E-state index contributed by atoms with van der Waals surface area (Å²) >= 11 is 6.42. The van der Waals surface area contributed by atoms with Crippen LogP contribution in [0.1, 0.15) is 66.5 Å². The summed E-state index contributed by atoms with van der Waals surface area (Å²) in [6.07, 6.45) is -0.131. The van der Waals surface area contributed by atoms with Gasteiger partial charge in [-0.15, -0.1) is 10.8 Å². The van der Waals surface area contributed by atoms with Gasteiger partial charge in [-0.05, 0) is 56.5 Å². The lowest BCUT2D eigenvalue weighted by Gasteiger charge is -2.36. The van der Waals surface area contributed by atoms with Crippen LogP contribution in [-0.2, 0) is 31.6 Å². The first-order valence-electron chi connectivity index (χ1n) is 11.5. The minimum absolute atomic E-state index is 0.0208. The number of rotatable bonds is 8. The van der Waals surface area contributed by atoms with E-state index in [9.17, 15) is 5.11 Å². The van der Waals surface area contributed by atoms with Crippen LogP contribution in [0.3, 0.4) is 0 Å². The van der Waals surface area contributed by atoms with Gasteiger partial charge in [-0.25, -0.2) is 0 Å². The first kappa shape index (κ1) is 30.4. The molecule has 0 aliphatic carbocycles. The Hall–Kier alpha value is 0.374. The van der Waals surface area contributed by atoms with Crippen molar-refractivity contribution in [3.05, 3.63) is 23.3 Å². The number of aromatic hydroxyl groups is 1. The molecule has 0 saturated heterocycles. The molecule has 0 radical (unpaired) electrons. The second-order valence-electron chi connectivity index (χ2n) is 12.8. The molecule has 3 atom stereocenters. The normalized spacial score (nSPS) is 17.7. The van der Waals surface area contributed by atoms with Crippen molar-refractivity contribution in [1.82, 2.24) is 0 Å². The van der Waals surface area contributed by atoms with Crippen molar-refractivity contribution < 1.29 is 14.1 Å². The molecule has 0 spiro atoms. The molecule has 0 bridgehead atoms. The van der Waals surface area contributed by atoms with Crippen molar-refractivity contribution in [2.45, 2.75) is 118 Å². The van der Waals surface area contributed by atoms with Crippen LogP contribution in [0.25, 0.3) is 0 Å². The third-order valence-electron chi connectivity index (χ3n) is 4.93. The SMILES string of the molecule is CC(O[Si](C)(C)C)C(C)OP(=S)(S[Si](C)(C)C)c1cc(C(C)(C)C)c(O)c(C(C)(C)C)c1. The van der Waals surface area contributed by atoms with E-state index in [0.29, 0.717) is 5.75 Å². The topological polar surface area (TPSA) is 38.7 Å². The minimum Gasteiger partial charge on any atom is -0.507 e. The molecule has 32 heavy (non-hydrogen) atoms. The van der Waals surface area contributed by atoms with Crippen LogP contribution in [0.15, 0.2) is 12.1 Å². The first-order valence-corrected chi connectivity index (χ1v) is 23.3. The molecule has 0 aliphatic rings. The van der Waals surface area contributed by atoms with Gasteiger partial charge in [0.15, 0.2) is 8.32 Å². The van der Waals surface area contributed by atoms with E-state index >= 15 is 0 Å². The van der Waals surface area contributed by atoms with Crippen molar-refractivity contribution in [1.29, 1.82) is 0 Å². The standard InChI is InChI=1S/C24H47O3PS2Si2/c1-17(18(2)27-31(9,10)11)26-28(29,30-32(12,13)14)19-15-20(23(3,4)5)22(25)21(16-19)24(6,7)8/h15-18,25H,1-14H3. The molecule has 0 fully saturated rings. The van der Waals surface area contributed by atoms with E-state index < -0.39 is 21.0 Å². The molecule has 1 aromatic rings. The van der Waals surface area contributed by atoms with Gasteiger partial charge in [-0.3, -0.25) is 0 Å². The molecule has 8 heteroatoms. The van der Waals surface area contributed by atoms with Crippen molar-refractivity contribution in [3.8, 4) is 5.75 Å². The summed E-state index contributed by atoms with van der Waals surface area (Å²) in [6.45, 7) is 30.6. The fraction of sp³-hybridized carbons (Fsp3) is 0.750. The van der Waals surface area contributed by atoms with Crippen molar-refractivity contribution in [2.24, 2.45) is 0 Å². The van der Waals surface area contributed by atoms with Crippen LogP contribution in [0.2, 0.25) is 39.3 Å². The van der Waals surface area contributed by atoms with E-state index in [4.69, 9.17) is 20.8 Å². The Bertz CT molecular complexity index is 812. The van der Waals surface area contributed by atoms with Crippen LogP contribution in [0.4, 0.5) is 0 Å². The number of benzene rings is 1. The molecular weight excluding hydrogens is 488 g/mol. The zero-order valence-electron chi connectivity index (χ0n) is 22.8. The van der Waals surface area contributed by atoms with Gasteiger partial charge >= 0.3 is 0 Å². The summed E-state index contributed by atoms with van der Waals surface area (Å²) < 4.78 is 13.2. The van der Waals surface area contributed by atoms with Gasteiger partial charge in [-0.1, -0.05) is 73.0 Å². The molecule has 1 aromatic carbocycles. The summed E-state index contributed by atoms with van der Waals surface area (Å²) in [4.78, 5) is 0. The number of phenols is 1. The molecule has 3 unspecified atom stereocenters. The third kappa shape index (κ3) is 8.86. The van der Waals surface area contributed by atoms with E-state index in [2.05, 4.69) is 107 Å². The van der Waals surface area contributed by atoms with Gasteiger partial charge in [0.25, 0.3) is 0 Å². The second-order valence-corrected chi connectivity index (χ2v) is 33.1. The largest absolute Gasteiger partial charge is 0.507 e. The Balaban J connectivity index is 3.70. The predicted molar refractivity (Wildman–Crippen MR) is 155 cm³/mol. The molecule has 0 amide bonds. The lowest BCUT2D eigenvalue weighted by atomic mass is 9.79. The van der Waals surface area contributed by atoms with Gasteiger partial charge in [0.05, 0.1) is 12.2 Å². The molecule has 1 rings (SSSR count). The lowest BCUT2D eigenvalue weighted by Crippen LogP contribution is -2.37. The summed E-state index contributed by atoms with van der Waals surface area (Å²) in [5.74, 6) is 0.386. The fourth-order valence-corrected chi connectivity index (χ4v) is 24.8. The Morgan fingerprint density at radius 2 is 1.28 bits per heavy atom. The lowest BCUT2D eigenvalue weighted by molar-refractivity contribution is 0.0842. The van der Waals surface area contributed by atoms with Crippen LogP contribution >= 0.6 is 16.3 Å². The number of hydrogen-bond donors (Lipinski definition) is 1. The van der Waals surface area contributed by atoms with E-state index in [1.165, 1.54) is 0 Å². The monoisotopic (exact) mass is 534 g/mol. The molecule has 1 N–H and O–H groups in total. The molecule has 3 nitrogen and oxygen atoms in total. The summed E-state index contributed by atoms with van der Waals surface area (Å²) in [7, 11) is -1.43. The second kappa shape index (κ2) is 10.2. The van der Waals surface area contributed by atoms with E-state index in [-0.39, 0.29) is 23.0 Å². The van der Waals surface area contributed by atoms with Crippen molar-refractivity contribution >= 4 is 48.9 Å². The highest BCUT2D eigenvalue weighted by atomic mass is 33.0. The van der Waals surface area contributed by atoms with Crippen LogP contribution in [0, 0.1) is 0 Å².